The van der Waals surface area contributed by atoms with E-state index in [-0.39, 0.29) is 23.1 Å². The number of methoxy groups -OCH3 is 2. The molecular weight excluding hydrogens is 320 g/mol. The van der Waals surface area contributed by atoms with E-state index in [1.807, 2.05) is 0 Å². The maximum atomic E-state index is 12.3. The Morgan fingerprint density at radius 2 is 1.91 bits per heavy atom. The number of nitrogens with one attached hydrogen (secondary N) is 2. The number of benzene rings is 1. The van der Waals surface area contributed by atoms with E-state index >= 15 is 0 Å². The van der Waals surface area contributed by atoms with Gasteiger partial charge in [0.05, 0.1) is 20.8 Å². The summed E-state index contributed by atoms with van der Waals surface area (Å²) in [5, 5.41) is 2.67. The molecule has 0 aliphatic heterocycles. The minimum absolute atomic E-state index is 0.0421. The number of hydrogen-bond donors (Lipinski definition) is 2. The van der Waals surface area contributed by atoms with Gasteiger partial charge in [0.25, 0.3) is 0 Å². The van der Waals surface area contributed by atoms with Crippen LogP contribution in [0.25, 0.3) is 0 Å². The molecule has 0 unspecified atom stereocenters. The van der Waals surface area contributed by atoms with E-state index in [4.69, 9.17) is 9.47 Å². The van der Waals surface area contributed by atoms with Gasteiger partial charge in [0.2, 0.25) is 15.9 Å². The molecule has 0 aliphatic rings. The molecule has 1 rings (SSSR count). The zero-order chi connectivity index (χ0) is 17.3. The highest BCUT2D eigenvalue weighted by atomic mass is 32.2. The first-order chi connectivity index (χ1) is 10.9. The van der Waals surface area contributed by atoms with Crippen LogP contribution < -0.4 is 19.5 Å². The van der Waals surface area contributed by atoms with Crippen LogP contribution in [0.3, 0.4) is 0 Å². The molecule has 0 heterocycles. The van der Waals surface area contributed by atoms with Gasteiger partial charge in [-0.05, 0) is 18.6 Å². The van der Waals surface area contributed by atoms with Gasteiger partial charge in [-0.3, -0.25) is 4.79 Å². The van der Waals surface area contributed by atoms with Crippen molar-refractivity contribution >= 4 is 15.9 Å². The van der Waals surface area contributed by atoms with Crippen LogP contribution in [0, 0.1) is 0 Å². The van der Waals surface area contributed by atoms with Crippen molar-refractivity contribution in [3.63, 3.8) is 0 Å². The summed E-state index contributed by atoms with van der Waals surface area (Å²) < 4.78 is 36.9. The second-order valence-corrected chi connectivity index (χ2v) is 6.63. The van der Waals surface area contributed by atoms with Crippen molar-refractivity contribution in [2.45, 2.75) is 31.1 Å². The van der Waals surface area contributed by atoms with E-state index in [0.29, 0.717) is 12.3 Å². The maximum absolute atomic E-state index is 12.3. The topological polar surface area (TPSA) is 93.7 Å². The molecule has 0 radical (unpaired) electrons. The molecule has 1 aromatic rings. The van der Waals surface area contributed by atoms with Crippen molar-refractivity contribution in [2.24, 2.45) is 0 Å². The lowest BCUT2D eigenvalue weighted by Gasteiger charge is -2.12. The highest BCUT2D eigenvalue weighted by Gasteiger charge is 2.20. The first-order valence-electron chi connectivity index (χ1n) is 7.43. The fourth-order valence-electron chi connectivity index (χ4n) is 1.90. The lowest BCUT2D eigenvalue weighted by atomic mass is 10.2. The number of hydrogen-bond acceptors (Lipinski definition) is 5. The lowest BCUT2D eigenvalue weighted by molar-refractivity contribution is -0.119. The molecule has 0 aromatic heterocycles. The zero-order valence-electron chi connectivity index (χ0n) is 13.7. The number of carbonyl (C=O) groups is 1. The molecule has 23 heavy (non-hydrogen) atoms. The van der Waals surface area contributed by atoms with Crippen LogP contribution in [0.15, 0.2) is 23.1 Å². The summed E-state index contributed by atoms with van der Waals surface area (Å²) in [6, 6.07) is 4.36. The van der Waals surface area contributed by atoms with Crippen LogP contribution in [0.5, 0.6) is 11.5 Å². The third kappa shape index (κ3) is 6.07. The fourth-order valence-corrected chi connectivity index (χ4v) is 3.03. The second kappa shape index (κ2) is 9.36. The molecule has 1 aromatic carbocycles. The van der Waals surface area contributed by atoms with Crippen LogP contribution in [0.1, 0.15) is 26.2 Å². The first kappa shape index (κ1) is 19.2. The van der Waals surface area contributed by atoms with Crippen molar-refractivity contribution in [3.05, 3.63) is 18.2 Å². The van der Waals surface area contributed by atoms with E-state index in [0.717, 1.165) is 19.3 Å². The molecule has 0 saturated carbocycles. The van der Waals surface area contributed by atoms with Crippen molar-refractivity contribution in [2.75, 3.05) is 27.3 Å². The molecule has 0 fully saturated rings. The van der Waals surface area contributed by atoms with Gasteiger partial charge < -0.3 is 14.8 Å². The Bertz CT molecular complexity index is 616. The number of amides is 1. The molecule has 0 aliphatic carbocycles. The van der Waals surface area contributed by atoms with Crippen LogP contribution in [0.2, 0.25) is 0 Å². The number of unbranched alkanes of at least 4 members (excludes halogenated alkanes) is 2. The number of ether oxygens (including phenoxy) is 2. The normalized spacial score (nSPS) is 11.1. The Balaban J connectivity index is 2.67. The van der Waals surface area contributed by atoms with E-state index in [1.54, 1.807) is 0 Å². The monoisotopic (exact) mass is 344 g/mol. The standard InChI is InChI=1S/C15H24N2O5S/c1-4-5-6-9-16-15(18)11-17-23(19,20)14-8-7-12(21-2)10-13(14)22-3/h7-8,10,17H,4-6,9,11H2,1-3H3,(H,16,18). The minimum atomic E-state index is -3.85. The summed E-state index contributed by atoms with van der Waals surface area (Å²) in [6.45, 7) is 2.29. The maximum Gasteiger partial charge on any atom is 0.244 e. The minimum Gasteiger partial charge on any atom is -0.497 e. The van der Waals surface area contributed by atoms with Crippen molar-refractivity contribution < 1.29 is 22.7 Å². The molecule has 1 amide bonds. The van der Waals surface area contributed by atoms with Gasteiger partial charge >= 0.3 is 0 Å². The number of carbonyl (C=O) groups excluding carboxylic acids is 1. The molecular formula is C15H24N2O5S. The predicted octanol–water partition coefficient (Wildman–Crippen LogP) is 1.29. The Kier molecular flexibility index (Phi) is 7.84. The molecule has 0 saturated heterocycles. The van der Waals surface area contributed by atoms with Gasteiger partial charge in [-0.1, -0.05) is 19.8 Å². The van der Waals surface area contributed by atoms with Gasteiger partial charge in [-0.2, -0.15) is 0 Å². The largest absolute Gasteiger partial charge is 0.497 e. The Morgan fingerprint density at radius 3 is 2.52 bits per heavy atom. The van der Waals surface area contributed by atoms with E-state index in [2.05, 4.69) is 17.0 Å². The molecule has 0 spiro atoms. The lowest BCUT2D eigenvalue weighted by Crippen LogP contribution is -2.37. The molecule has 130 valence electrons. The third-order valence-electron chi connectivity index (χ3n) is 3.19. The molecule has 8 heteroatoms. The molecule has 0 bridgehead atoms. The van der Waals surface area contributed by atoms with E-state index < -0.39 is 10.0 Å². The smallest absolute Gasteiger partial charge is 0.244 e. The molecule has 2 N–H and O–H groups in total. The highest BCUT2D eigenvalue weighted by Crippen LogP contribution is 2.28. The Hall–Kier alpha value is -1.80. The second-order valence-electron chi connectivity index (χ2n) is 4.90. The average Bonchev–Trinajstić information content (AvgIpc) is 2.56. The summed E-state index contributed by atoms with van der Waals surface area (Å²) in [4.78, 5) is 11.6. The average molecular weight is 344 g/mol. The van der Waals surface area contributed by atoms with E-state index in [9.17, 15) is 13.2 Å². The summed E-state index contributed by atoms with van der Waals surface area (Å²) in [5.74, 6) is 0.270. The number of rotatable bonds is 10. The number of sulfonamides is 1. The van der Waals surface area contributed by atoms with Crippen LogP contribution in [-0.4, -0.2) is 41.6 Å². The van der Waals surface area contributed by atoms with Crippen LogP contribution >= 0.6 is 0 Å². The van der Waals surface area contributed by atoms with Crippen LogP contribution in [0.4, 0.5) is 0 Å². The fraction of sp³-hybridized carbons (Fsp3) is 0.533. The van der Waals surface area contributed by atoms with Crippen molar-refractivity contribution in [1.29, 1.82) is 0 Å². The summed E-state index contributed by atoms with van der Waals surface area (Å²) in [5.41, 5.74) is 0. The first-order valence-corrected chi connectivity index (χ1v) is 8.91. The van der Waals surface area contributed by atoms with Gasteiger partial charge in [-0.25, -0.2) is 13.1 Å². The van der Waals surface area contributed by atoms with Crippen molar-refractivity contribution in [1.82, 2.24) is 10.0 Å². The quantitative estimate of drug-likeness (QED) is 0.624. The summed E-state index contributed by atoms with van der Waals surface area (Å²) in [6.07, 6.45) is 2.95. The highest BCUT2D eigenvalue weighted by molar-refractivity contribution is 7.89. The Morgan fingerprint density at radius 1 is 1.17 bits per heavy atom. The van der Waals surface area contributed by atoms with Gasteiger partial charge in [0, 0.05) is 12.6 Å². The van der Waals surface area contributed by atoms with Gasteiger partial charge in [-0.15, -0.1) is 0 Å². The molecule has 7 nitrogen and oxygen atoms in total. The predicted molar refractivity (Wildman–Crippen MR) is 87.3 cm³/mol. The van der Waals surface area contributed by atoms with Gasteiger partial charge in [0.15, 0.2) is 0 Å². The summed E-state index contributed by atoms with van der Waals surface area (Å²) in [7, 11) is -1.00. The Labute approximate surface area is 137 Å². The van der Waals surface area contributed by atoms with E-state index in [1.165, 1.54) is 32.4 Å². The summed E-state index contributed by atoms with van der Waals surface area (Å²) >= 11 is 0. The SMILES string of the molecule is CCCCCNC(=O)CNS(=O)(=O)c1ccc(OC)cc1OC. The van der Waals surface area contributed by atoms with Gasteiger partial charge in [0.1, 0.15) is 16.4 Å². The zero-order valence-corrected chi connectivity index (χ0v) is 14.5. The third-order valence-corrected chi connectivity index (χ3v) is 4.63. The van der Waals surface area contributed by atoms with Crippen LogP contribution in [-0.2, 0) is 14.8 Å². The van der Waals surface area contributed by atoms with Crippen molar-refractivity contribution in [3.8, 4) is 11.5 Å². The molecule has 0 atom stereocenters.